The van der Waals surface area contributed by atoms with Crippen molar-refractivity contribution in [3.8, 4) is 5.75 Å². The Morgan fingerprint density at radius 3 is 2.47 bits per heavy atom. The molecule has 9 heteroatoms. The third kappa shape index (κ3) is 5.40. The number of nitrogens with zero attached hydrogens (tertiary/aromatic N) is 3. The fraction of sp³-hybridized carbons (Fsp3) is 0.333. The van der Waals surface area contributed by atoms with Gasteiger partial charge in [0.1, 0.15) is 5.75 Å². The molecule has 30 heavy (non-hydrogen) atoms. The van der Waals surface area contributed by atoms with Crippen molar-refractivity contribution in [3.05, 3.63) is 69.3 Å². The molecule has 0 amide bonds. The van der Waals surface area contributed by atoms with Gasteiger partial charge in [-0.2, -0.15) is 0 Å². The summed E-state index contributed by atoms with van der Waals surface area (Å²) in [5.41, 5.74) is 2.41. The molecule has 158 valence electrons. The largest absolute Gasteiger partial charge is 0.496 e. The second-order valence-corrected chi connectivity index (χ2v) is 6.77. The van der Waals surface area contributed by atoms with Gasteiger partial charge in [0.15, 0.2) is 0 Å². The van der Waals surface area contributed by atoms with Crippen LogP contribution in [0.2, 0.25) is 0 Å². The van der Waals surface area contributed by atoms with Crippen LogP contribution in [-0.2, 0) is 16.1 Å². The first-order valence-corrected chi connectivity index (χ1v) is 9.45. The Kier molecular flexibility index (Phi) is 7.10. The third-order valence-corrected chi connectivity index (χ3v) is 4.78. The lowest BCUT2D eigenvalue weighted by Gasteiger charge is -2.27. The lowest BCUT2D eigenvalue weighted by atomic mass is 10.1. The van der Waals surface area contributed by atoms with Crippen molar-refractivity contribution in [2.75, 3.05) is 33.4 Å². The highest BCUT2D eigenvalue weighted by atomic mass is 16.7. The van der Waals surface area contributed by atoms with Gasteiger partial charge in [-0.25, -0.2) is 4.79 Å². The first kappa shape index (κ1) is 21.4. The van der Waals surface area contributed by atoms with Gasteiger partial charge >= 0.3 is 5.97 Å². The Bertz CT molecular complexity index is 936. The van der Waals surface area contributed by atoms with E-state index in [4.69, 9.17) is 14.3 Å². The van der Waals surface area contributed by atoms with Crippen molar-refractivity contribution in [2.24, 2.45) is 5.16 Å². The van der Waals surface area contributed by atoms with E-state index in [1.165, 1.54) is 24.3 Å². The number of methoxy groups -OCH3 is 1. The zero-order valence-electron chi connectivity index (χ0n) is 16.9. The highest BCUT2D eigenvalue weighted by Gasteiger charge is 2.15. The number of carbonyl (C=O) groups excluding carboxylic acids is 1. The van der Waals surface area contributed by atoms with Gasteiger partial charge < -0.3 is 14.3 Å². The average Bonchev–Trinajstić information content (AvgIpc) is 2.78. The van der Waals surface area contributed by atoms with E-state index >= 15 is 0 Å². The predicted molar refractivity (Wildman–Crippen MR) is 110 cm³/mol. The molecule has 0 bridgehead atoms. The summed E-state index contributed by atoms with van der Waals surface area (Å²) in [7, 11) is 1.63. The van der Waals surface area contributed by atoms with Crippen molar-refractivity contribution < 1.29 is 24.0 Å². The van der Waals surface area contributed by atoms with E-state index in [1.807, 2.05) is 18.2 Å². The highest BCUT2D eigenvalue weighted by Crippen LogP contribution is 2.23. The second kappa shape index (κ2) is 9.95. The maximum atomic E-state index is 12.2. The molecular weight excluding hydrogens is 390 g/mol. The van der Waals surface area contributed by atoms with Crippen LogP contribution in [0, 0.1) is 10.1 Å². The van der Waals surface area contributed by atoms with Crippen molar-refractivity contribution in [1.29, 1.82) is 0 Å². The van der Waals surface area contributed by atoms with Crippen molar-refractivity contribution in [1.82, 2.24) is 4.90 Å². The van der Waals surface area contributed by atoms with Gasteiger partial charge in [-0.05, 0) is 42.8 Å². The molecule has 9 nitrogen and oxygen atoms in total. The summed E-state index contributed by atoms with van der Waals surface area (Å²) < 4.78 is 10.9. The Balaban J connectivity index is 1.70. The van der Waals surface area contributed by atoms with E-state index in [-0.39, 0.29) is 11.3 Å². The quantitative estimate of drug-likeness (QED) is 0.297. The SMILES string of the molecule is COc1ccc(C(C)=NOC(=O)c2ccc([N+](=O)[O-])cc2)cc1CN1CCOCC1. The number of nitro groups is 1. The van der Waals surface area contributed by atoms with Crippen LogP contribution in [0.25, 0.3) is 0 Å². The zero-order valence-corrected chi connectivity index (χ0v) is 16.9. The summed E-state index contributed by atoms with van der Waals surface area (Å²) in [6, 6.07) is 10.8. The Morgan fingerprint density at radius 1 is 1.17 bits per heavy atom. The van der Waals surface area contributed by atoms with E-state index in [0.717, 1.165) is 36.5 Å². The lowest BCUT2D eigenvalue weighted by molar-refractivity contribution is -0.384. The first-order valence-electron chi connectivity index (χ1n) is 9.45. The van der Waals surface area contributed by atoms with Gasteiger partial charge in [-0.3, -0.25) is 15.0 Å². The number of ether oxygens (including phenoxy) is 2. The van der Waals surface area contributed by atoms with Crippen LogP contribution in [0.4, 0.5) is 5.69 Å². The summed E-state index contributed by atoms with van der Waals surface area (Å²) in [5.74, 6) is 0.0900. The number of nitro benzene ring substituents is 1. The number of rotatable bonds is 7. The minimum absolute atomic E-state index is 0.0998. The van der Waals surface area contributed by atoms with Crippen molar-refractivity contribution in [3.63, 3.8) is 0 Å². The van der Waals surface area contributed by atoms with E-state index in [0.29, 0.717) is 18.9 Å². The third-order valence-electron chi connectivity index (χ3n) is 4.78. The molecule has 1 saturated heterocycles. The van der Waals surface area contributed by atoms with E-state index in [2.05, 4.69) is 10.1 Å². The van der Waals surface area contributed by atoms with Gasteiger partial charge in [-0.15, -0.1) is 0 Å². The molecular formula is C21H23N3O6. The Labute approximate surface area is 174 Å². The van der Waals surface area contributed by atoms with E-state index < -0.39 is 10.9 Å². The zero-order chi connectivity index (χ0) is 21.5. The van der Waals surface area contributed by atoms with Crippen molar-refractivity contribution >= 4 is 17.4 Å². The molecule has 1 heterocycles. The minimum atomic E-state index is -0.689. The molecule has 0 aromatic heterocycles. The molecule has 1 aliphatic rings. The molecule has 0 aliphatic carbocycles. The molecule has 0 saturated carbocycles. The average molecular weight is 413 g/mol. The van der Waals surface area contributed by atoms with E-state index in [9.17, 15) is 14.9 Å². The lowest BCUT2D eigenvalue weighted by Crippen LogP contribution is -2.35. The number of non-ortho nitro benzene ring substituents is 1. The number of benzene rings is 2. The second-order valence-electron chi connectivity index (χ2n) is 6.77. The Morgan fingerprint density at radius 2 is 1.83 bits per heavy atom. The summed E-state index contributed by atoms with van der Waals surface area (Å²) in [4.78, 5) is 29.6. The molecule has 1 aliphatic heterocycles. The monoisotopic (exact) mass is 413 g/mol. The molecule has 3 rings (SSSR count). The normalized spacial score (nSPS) is 14.9. The highest BCUT2D eigenvalue weighted by molar-refractivity contribution is 5.99. The summed E-state index contributed by atoms with van der Waals surface area (Å²) in [5, 5.41) is 14.6. The molecule has 0 spiro atoms. The van der Waals surface area contributed by atoms with E-state index in [1.54, 1.807) is 14.0 Å². The molecule has 1 fully saturated rings. The maximum absolute atomic E-state index is 12.2. The molecule has 2 aromatic carbocycles. The van der Waals surface area contributed by atoms with Gasteiger partial charge in [-0.1, -0.05) is 5.16 Å². The van der Waals surface area contributed by atoms with Gasteiger partial charge in [0.25, 0.3) is 5.69 Å². The molecule has 0 N–H and O–H groups in total. The Hall–Kier alpha value is -3.30. The summed E-state index contributed by atoms with van der Waals surface area (Å²) in [6.07, 6.45) is 0. The van der Waals surface area contributed by atoms with Crippen LogP contribution in [0.1, 0.15) is 28.4 Å². The fourth-order valence-electron chi connectivity index (χ4n) is 3.06. The van der Waals surface area contributed by atoms with Crippen molar-refractivity contribution in [2.45, 2.75) is 13.5 Å². The van der Waals surface area contributed by atoms with Crippen LogP contribution in [-0.4, -0.2) is 54.9 Å². The number of oxime groups is 1. The number of hydrogen-bond acceptors (Lipinski definition) is 8. The predicted octanol–water partition coefficient (Wildman–Crippen LogP) is 3.02. The van der Waals surface area contributed by atoms with Gasteiger partial charge in [0.05, 0.1) is 36.5 Å². The standard InChI is InChI=1S/C21H23N3O6/c1-15(22-30-21(25)16-3-6-19(7-4-16)24(26)27)17-5-8-20(28-2)18(13-17)14-23-9-11-29-12-10-23/h3-8,13H,9-12,14H2,1-2H3. The fourth-order valence-corrected chi connectivity index (χ4v) is 3.06. The van der Waals surface area contributed by atoms with Gasteiger partial charge in [0, 0.05) is 37.3 Å². The van der Waals surface area contributed by atoms with Crippen LogP contribution in [0.15, 0.2) is 47.6 Å². The number of hydrogen-bond donors (Lipinski definition) is 0. The first-order chi connectivity index (χ1) is 14.5. The molecule has 0 atom stereocenters. The summed E-state index contributed by atoms with van der Waals surface area (Å²) in [6.45, 7) is 5.59. The summed E-state index contributed by atoms with van der Waals surface area (Å²) >= 11 is 0. The van der Waals surface area contributed by atoms with Crippen LogP contribution < -0.4 is 4.74 Å². The van der Waals surface area contributed by atoms with Gasteiger partial charge in [0.2, 0.25) is 0 Å². The van der Waals surface area contributed by atoms with Crippen LogP contribution in [0.3, 0.4) is 0 Å². The molecule has 2 aromatic rings. The number of morpholine rings is 1. The van der Waals surface area contributed by atoms with Crippen LogP contribution in [0.5, 0.6) is 5.75 Å². The van der Waals surface area contributed by atoms with Crippen LogP contribution >= 0.6 is 0 Å². The minimum Gasteiger partial charge on any atom is -0.496 e. The smallest absolute Gasteiger partial charge is 0.365 e. The topological polar surface area (TPSA) is 104 Å². The molecule has 0 radical (unpaired) electrons. The molecule has 0 unspecified atom stereocenters. The maximum Gasteiger partial charge on any atom is 0.365 e. The number of carbonyl (C=O) groups is 1.